The van der Waals surface area contributed by atoms with Gasteiger partial charge in [-0.05, 0) is 6.07 Å². The highest BCUT2D eigenvalue weighted by molar-refractivity contribution is 5.82. The maximum atomic E-state index is 12.2. The molecule has 9 heteroatoms. The van der Waals surface area contributed by atoms with Crippen molar-refractivity contribution in [1.82, 2.24) is 5.32 Å². The van der Waals surface area contributed by atoms with E-state index in [1.165, 1.54) is 12.1 Å². The van der Waals surface area contributed by atoms with E-state index in [1.807, 2.05) is 5.32 Å². The summed E-state index contributed by atoms with van der Waals surface area (Å²) in [5.41, 5.74) is -0.359. The molecule has 1 rings (SSSR count). The fourth-order valence-corrected chi connectivity index (χ4v) is 1.39. The minimum absolute atomic E-state index is 0.359. The smallest absolute Gasteiger partial charge is 0.479 e. The van der Waals surface area contributed by atoms with Gasteiger partial charge in [0, 0.05) is 5.56 Å². The van der Waals surface area contributed by atoms with Crippen LogP contribution >= 0.6 is 0 Å². The molecule has 0 fully saturated rings. The second-order valence-electron chi connectivity index (χ2n) is 3.49. The Kier molecular flexibility index (Phi) is 4.78. The van der Waals surface area contributed by atoms with Crippen molar-refractivity contribution in [2.75, 3.05) is 7.11 Å². The third-order valence-corrected chi connectivity index (χ3v) is 2.15. The maximum absolute atomic E-state index is 12.2. The summed E-state index contributed by atoms with van der Waals surface area (Å²) in [5, 5.41) is 10.9. The van der Waals surface area contributed by atoms with Crippen molar-refractivity contribution in [1.29, 1.82) is 0 Å². The van der Waals surface area contributed by atoms with Gasteiger partial charge in [-0.25, -0.2) is 9.59 Å². The van der Waals surface area contributed by atoms with Crippen LogP contribution in [0.5, 0.6) is 5.75 Å². The van der Waals surface area contributed by atoms with E-state index in [2.05, 4.69) is 9.47 Å². The van der Waals surface area contributed by atoms with Gasteiger partial charge in [0.25, 0.3) is 0 Å². The number of nitrogens with one attached hydrogen (secondary N) is 1. The summed E-state index contributed by atoms with van der Waals surface area (Å²) >= 11 is 0. The highest BCUT2D eigenvalue weighted by Crippen LogP contribution is 2.30. The molecule has 1 unspecified atom stereocenters. The van der Waals surface area contributed by atoms with Gasteiger partial charge in [0.2, 0.25) is 0 Å². The molecule has 0 aromatic heterocycles. The number of carbonyl (C=O) groups excluding carboxylic acids is 1. The fourth-order valence-electron chi connectivity index (χ4n) is 1.39. The second-order valence-corrected chi connectivity index (χ2v) is 3.49. The SMILES string of the molecule is COC(=O)NC(C(=O)O)c1ccccc1OC(F)(F)F. The second kappa shape index (κ2) is 6.13. The minimum Gasteiger partial charge on any atom is -0.479 e. The summed E-state index contributed by atoms with van der Waals surface area (Å²) in [7, 11) is 0.992. The number of amides is 1. The lowest BCUT2D eigenvalue weighted by Crippen LogP contribution is -2.34. The molecule has 0 saturated carbocycles. The Morgan fingerprint density at radius 3 is 2.40 bits per heavy atom. The molecule has 0 spiro atoms. The molecule has 1 atom stereocenters. The largest absolute Gasteiger partial charge is 0.573 e. The lowest BCUT2D eigenvalue weighted by molar-refractivity contribution is -0.275. The molecule has 0 saturated heterocycles. The normalized spacial score (nSPS) is 12.4. The molecule has 0 radical (unpaired) electrons. The van der Waals surface area contributed by atoms with Crippen LogP contribution in [0.25, 0.3) is 0 Å². The predicted octanol–water partition coefficient (Wildman–Crippen LogP) is 2.07. The molecule has 1 aromatic carbocycles. The van der Waals surface area contributed by atoms with Gasteiger partial charge in [-0.15, -0.1) is 13.2 Å². The number of alkyl carbamates (subject to hydrolysis) is 1. The molecule has 0 bridgehead atoms. The molecule has 110 valence electrons. The Labute approximate surface area is 111 Å². The van der Waals surface area contributed by atoms with Crippen molar-refractivity contribution < 1.29 is 37.3 Å². The Morgan fingerprint density at radius 1 is 1.30 bits per heavy atom. The van der Waals surface area contributed by atoms with Crippen LogP contribution in [-0.2, 0) is 9.53 Å². The monoisotopic (exact) mass is 293 g/mol. The van der Waals surface area contributed by atoms with Gasteiger partial charge in [-0.2, -0.15) is 0 Å². The highest BCUT2D eigenvalue weighted by Gasteiger charge is 2.34. The van der Waals surface area contributed by atoms with Gasteiger partial charge in [-0.1, -0.05) is 18.2 Å². The number of carbonyl (C=O) groups is 2. The number of para-hydroxylation sites is 1. The van der Waals surface area contributed by atoms with E-state index in [0.29, 0.717) is 0 Å². The van der Waals surface area contributed by atoms with Crippen LogP contribution in [0.3, 0.4) is 0 Å². The summed E-state index contributed by atoms with van der Waals surface area (Å²) in [6.45, 7) is 0. The van der Waals surface area contributed by atoms with E-state index in [0.717, 1.165) is 19.2 Å². The third-order valence-electron chi connectivity index (χ3n) is 2.15. The van der Waals surface area contributed by atoms with E-state index < -0.39 is 30.2 Å². The zero-order valence-electron chi connectivity index (χ0n) is 10.1. The summed E-state index contributed by atoms with van der Waals surface area (Å²) in [6.07, 6.45) is -6.08. The Hall–Kier alpha value is -2.45. The molecule has 2 N–H and O–H groups in total. The highest BCUT2D eigenvalue weighted by atomic mass is 19.4. The van der Waals surface area contributed by atoms with E-state index in [9.17, 15) is 22.8 Å². The van der Waals surface area contributed by atoms with E-state index in [4.69, 9.17) is 5.11 Å². The minimum atomic E-state index is -4.98. The van der Waals surface area contributed by atoms with Gasteiger partial charge in [0.1, 0.15) is 5.75 Å². The van der Waals surface area contributed by atoms with Gasteiger partial charge in [0.15, 0.2) is 6.04 Å². The van der Waals surface area contributed by atoms with Crippen LogP contribution in [-0.4, -0.2) is 30.6 Å². The van der Waals surface area contributed by atoms with Crippen molar-refractivity contribution in [3.8, 4) is 5.75 Å². The van der Waals surface area contributed by atoms with Gasteiger partial charge >= 0.3 is 18.4 Å². The van der Waals surface area contributed by atoms with E-state index >= 15 is 0 Å². The first-order valence-corrected chi connectivity index (χ1v) is 5.16. The third kappa shape index (κ3) is 4.34. The maximum Gasteiger partial charge on any atom is 0.573 e. The number of hydrogen-bond acceptors (Lipinski definition) is 4. The zero-order valence-corrected chi connectivity index (χ0v) is 10.1. The number of halogens is 3. The Morgan fingerprint density at radius 2 is 1.90 bits per heavy atom. The average Bonchev–Trinajstić information content (AvgIpc) is 2.34. The van der Waals surface area contributed by atoms with Crippen LogP contribution in [0.15, 0.2) is 24.3 Å². The van der Waals surface area contributed by atoms with Gasteiger partial charge < -0.3 is 19.9 Å². The summed E-state index contributed by atoms with van der Waals surface area (Å²) in [6, 6.07) is 2.85. The number of hydrogen-bond donors (Lipinski definition) is 2. The molecular formula is C11H10F3NO5. The first kappa shape index (κ1) is 15.6. The van der Waals surface area contributed by atoms with Crippen LogP contribution in [0.1, 0.15) is 11.6 Å². The predicted molar refractivity (Wildman–Crippen MR) is 59.0 cm³/mol. The molecule has 1 amide bonds. The van der Waals surface area contributed by atoms with Crippen molar-refractivity contribution in [3.05, 3.63) is 29.8 Å². The molecule has 20 heavy (non-hydrogen) atoms. The Bertz CT molecular complexity index is 503. The number of alkyl halides is 3. The number of aliphatic carboxylic acids is 1. The molecule has 0 aliphatic heterocycles. The first-order chi connectivity index (χ1) is 9.24. The van der Waals surface area contributed by atoms with Crippen LogP contribution < -0.4 is 10.1 Å². The number of ether oxygens (including phenoxy) is 2. The van der Waals surface area contributed by atoms with E-state index in [-0.39, 0.29) is 5.56 Å². The fraction of sp³-hybridized carbons (Fsp3) is 0.273. The molecular weight excluding hydrogens is 283 g/mol. The number of carboxylic acid groups (broad SMARTS) is 1. The zero-order chi connectivity index (χ0) is 15.3. The summed E-state index contributed by atoms with van der Waals surface area (Å²) < 4.78 is 44.6. The first-order valence-electron chi connectivity index (χ1n) is 5.16. The lowest BCUT2D eigenvalue weighted by Gasteiger charge is -2.18. The standard InChI is InChI=1S/C11H10F3NO5/c1-19-10(18)15-8(9(16)17)6-4-2-3-5-7(6)20-11(12,13)14/h2-5,8H,1H3,(H,15,18)(H,16,17). The number of carboxylic acids is 1. The quantitative estimate of drug-likeness (QED) is 0.887. The van der Waals surface area contributed by atoms with Crippen LogP contribution in [0, 0.1) is 0 Å². The average molecular weight is 293 g/mol. The summed E-state index contributed by atoms with van der Waals surface area (Å²) in [4.78, 5) is 22.1. The lowest BCUT2D eigenvalue weighted by atomic mass is 10.1. The number of methoxy groups -OCH3 is 1. The van der Waals surface area contributed by atoms with E-state index in [1.54, 1.807) is 0 Å². The van der Waals surface area contributed by atoms with Crippen LogP contribution in [0.4, 0.5) is 18.0 Å². The molecule has 0 aliphatic carbocycles. The number of benzene rings is 1. The van der Waals surface area contributed by atoms with Gasteiger partial charge in [0.05, 0.1) is 7.11 Å². The summed E-state index contributed by atoms with van der Waals surface area (Å²) in [5.74, 6) is -2.28. The molecule has 1 aromatic rings. The van der Waals surface area contributed by atoms with Crippen molar-refractivity contribution in [2.24, 2.45) is 0 Å². The number of rotatable bonds is 4. The molecule has 6 nitrogen and oxygen atoms in total. The van der Waals surface area contributed by atoms with Crippen LogP contribution in [0.2, 0.25) is 0 Å². The van der Waals surface area contributed by atoms with Crippen molar-refractivity contribution in [2.45, 2.75) is 12.4 Å². The van der Waals surface area contributed by atoms with Crippen molar-refractivity contribution in [3.63, 3.8) is 0 Å². The Balaban J connectivity index is 3.13. The molecule has 0 aliphatic rings. The van der Waals surface area contributed by atoms with Crippen molar-refractivity contribution >= 4 is 12.1 Å². The van der Waals surface area contributed by atoms with Gasteiger partial charge in [-0.3, -0.25) is 0 Å². The molecule has 0 heterocycles. The topological polar surface area (TPSA) is 84.9 Å².